The Hall–Kier alpha value is -2.69. The summed E-state index contributed by atoms with van der Waals surface area (Å²) in [5.41, 5.74) is 1.67. The van der Waals surface area contributed by atoms with Crippen LogP contribution in [0.15, 0.2) is 65.9 Å². The lowest BCUT2D eigenvalue weighted by Crippen LogP contribution is -2.40. The molecule has 0 spiro atoms. The average Bonchev–Trinajstić information content (AvgIpc) is 2.71. The third kappa shape index (κ3) is 17.9. The zero-order chi connectivity index (χ0) is 21.5. The van der Waals surface area contributed by atoms with Gasteiger partial charge in [0.1, 0.15) is 0 Å². The van der Waals surface area contributed by atoms with Gasteiger partial charge >= 0.3 is 11.8 Å². The van der Waals surface area contributed by atoms with E-state index in [1.165, 1.54) is 0 Å². The summed E-state index contributed by atoms with van der Waals surface area (Å²) in [5.74, 6) is -1.32. The molecule has 0 saturated heterocycles. The van der Waals surface area contributed by atoms with Crippen molar-refractivity contribution in [3.05, 3.63) is 60.9 Å². The van der Waals surface area contributed by atoms with E-state index in [0.717, 1.165) is 11.3 Å². The predicted octanol–water partition coefficient (Wildman–Crippen LogP) is 4.51. The van der Waals surface area contributed by atoms with Gasteiger partial charge in [-0.1, -0.05) is 71.2 Å². The average molecular weight is 376 g/mol. The first kappa shape index (κ1) is 29.1. The number of amides is 2. The highest BCUT2D eigenvalue weighted by Gasteiger charge is 2.12. The van der Waals surface area contributed by atoms with Crippen molar-refractivity contribution in [1.82, 2.24) is 10.6 Å². The van der Waals surface area contributed by atoms with E-state index in [9.17, 15) is 9.59 Å². The highest BCUT2D eigenvalue weighted by molar-refractivity contribution is 6.35. The Morgan fingerprint density at radius 3 is 2.04 bits per heavy atom. The van der Waals surface area contributed by atoms with E-state index in [-0.39, 0.29) is 6.54 Å². The second-order valence-electron chi connectivity index (χ2n) is 4.43. The van der Waals surface area contributed by atoms with Crippen LogP contribution in [-0.4, -0.2) is 31.1 Å². The third-order valence-corrected chi connectivity index (χ3v) is 2.75. The van der Waals surface area contributed by atoms with Crippen LogP contribution in [0.5, 0.6) is 0 Å². The van der Waals surface area contributed by atoms with E-state index in [2.05, 4.69) is 28.8 Å². The zero-order valence-corrected chi connectivity index (χ0v) is 17.8. The molecule has 152 valence electrons. The fourth-order valence-corrected chi connectivity index (χ4v) is 1.59. The molecule has 0 aromatic rings. The molecule has 0 radical (unpaired) electrons. The van der Waals surface area contributed by atoms with Crippen LogP contribution >= 0.6 is 0 Å². The molecule has 0 fully saturated rings. The van der Waals surface area contributed by atoms with E-state index in [1.54, 1.807) is 30.5 Å². The summed E-state index contributed by atoms with van der Waals surface area (Å²) in [4.78, 5) is 27.6. The number of hydrogen-bond acceptors (Lipinski definition) is 3. The highest BCUT2D eigenvalue weighted by Crippen LogP contribution is 2.01. The summed E-state index contributed by atoms with van der Waals surface area (Å²) < 4.78 is 0. The molecular weight excluding hydrogens is 338 g/mol. The molecule has 27 heavy (non-hydrogen) atoms. The number of nitrogens with one attached hydrogen (secondary N) is 2. The van der Waals surface area contributed by atoms with Crippen LogP contribution in [0.4, 0.5) is 0 Å². The van der Waals surface area contributed by atoms with Gasteiger partial charge in [-0.15, -0.1) is 0 Å². The molecule has 0 bridgehead atoms. The molecule has 0 aromatic heterocycles. The largest absolute Gasteiger partial charge is 0.347 e. The second kappa shape index (κ2) is 23.3. The van der Waals surface area contributed by atoms with Gasteiger partial charge < -0.3 is 10.6 Å². The highest BCUT2D eigenvalue weighted by atomic mass is 16.2. The molecule has 0 heterocycles. The maximum Gasteiger partial charge on any atom is 0.309 e. The standard InChI is InChI=1S/C18H25N3O2.2C2H6/c1-5-9-11-15(7-3)14-21-18(23)17(22)20-13-12-16(10-6-2)19-8-4;2*1-2/h5-11H,1-2,12-14H2,3-4H3,(H,20,22)(H,21,23);2*1-2H3/b11-9-,15-7+,16-10-,19-8?;;. The van der Waals surface area contributed by atoms with Crippen LogP contribution < -0.4 is 10.6 Å². The third-order valence-electron chi connectivity index (χ3n) is 2.75. The number of hydrogen-bond donors (Lipinski definition) is 2. The lowest BCUT2D eigenvalue weighted by molar-refractivity contribution is -0.139. The van der Waals surface area contributed by atoms with Gasteiger partial charge in [0.15, 0.2) is 0 Å². The lowest BCUT2D eigenvalue weighted by atomic mass is 10.2. The minimum absolute atomic E-state index is 0.287. The van der Waals surface area contributed by atoms with Gasteiger partial charge in [-0.05, 0) is 25.5 Å². The molecule has 0 aliphatic rings. The van der Waals surface area contributed by atoms with Crippen molar-refractivity contribution in [3.8, 4) is 0 Å². The van der Waals surface area contributed by atoms with Crippen LogP contribution in [0.25, 0.3) is 0 Å². The van der Waals surface area contributed by atoms with E-state index >= 15 is 0 Å². The lowest BCUT2D eigenvalue weighted by Gasteiger charge is -2.07. The van der Waals surface area contributed by atoms with Crippen molar-refractivity contribution >= 4 is 18.0 Å². The van der Waals surface area contributed by atoms with Gasteiger partial charge in [0.05, 0.1) is 0 Å². The van der Waals surface area contributed by atoms with Crippen LogP contribution in [0.2, 0.25) is 0 Å². The predicted molar refractivity (Wildman–Crippen MR) is 119 cm³/mol. The van der Waals surface area contributed by atoms with E-state index in [1.807, 2.05) is 53.7 Å². The molecule has 0 saturated carbocycles. The van der Waals surface area contributed by atoms with Crippen LogP contribution in [0.1, 0.15) is 48.0 Å². The summed E-state index contributed by atoms with van der Waals surface area (Å²) in [6.07, 6.45) is 12.7. The van der Waals surface area contributed by atoms with Gasteiger partial charge in [-0.25, -0.2) is 0 Å². The molecule has 2 amide bonds. The SMILES string of the molecule is C=C/C=C\C(=C/C)CNC(=O)C(=O)NCC/C(=C/C=C)N=CC.CC.CC. The van der Waals surface area contributed by atoms with Crippen molar-refractivity contribution < 1.29 is 9.59 Å². The topological polar surface area (TPSA) is 70.6 Å². The minimum atomic E-state index is -0.662. The summed E-state index contributed by atoms with van der Waals surface area (Å²) >= 11 is 0. The first-order valence-corrected chi connectivity index (χ1v) is 9.39. The summed E-state index contributed by atoms with van der Waals surface area (Å²) in [6.45, 7) is 19.5. The molecule has 0 atom stereocenters. The Kier molecular flexibility index (Phi) is 25.1. The molecular formula is C22H37N3O2. The smallest absolute Gasteiger partial charge is 0.309 e. The summed E-state index contributed by atoms with van der Waals surface area (Å²) in [7, 11) is 0. The van der Waals surface area contributed by atoms with Gasteiger partial charge in [0.2, 0.25) is 0 Å². The number of rotatable bonds is 9. The van der Waals surface area contributed by atoms with Crippen LogP contribution in [0, 0.1) is 0 Å². The number of nitrogens with zero attached hydrogens (tertiary/aromatic N) is 1. The fourth-order valence-electron chi connectivity index (χ4n) is 1.59. The summed E-state index contributed by atoms with van der Waals surface area (Å²) in [6, 6.07) is 0. The first-order valence-electron chi connectivity index (χ1n) is 9.39. The van der Waals surface area contributed by atoms with Gasteiger partial charge in [0.25, 0.3) is 0 Å². The Bertz CT molecular complexity index is 542. The molecule has 0 aliphatic carbocycles. The Morgan fingerprint density at radius 2 is 1.56 bits per heavy atom. The molecule has 0 aliphatic heterocycles. The maximum atomic E-state index is 11.7. The van der Waals surface area contributed by atoms with E-state index in [0.29, 0.717) is 13.0 Å². The number of carbonyl (C=O) groups excluding carboxylic acids is 2. The zero-order valence-electron chi connectivity index (χ0n) is 17.8. The number of aliphatic imine (C=N–C) groups is 1. The van der Waals surface area contributed by atoms with Crippen molar-refractivity contribution in [2.24, 2.45) is 4.99 Å². The van der Waals surface area contributed by atoms with Crippen LogP contribution in [0.3, 0.4) is 0 Å². The minimum Gasteiger partial charge on any atom is -0.347 e. The van der Waals surface area contributed by atoms with Gasteiger partial charge in [-0.2, -0.15) is 0 Å². The summed E-state index contributed by atoms with van der Waals surface area (Å²) in [5, 5.41) is 5.13. The van der Waals surface area contributed by atoms with Crippen molar-refractivity contribution in [1.29, 1.82) is 0 Å². The van der Waals surface area contributed by atoms with E-state index in [4.69, 9.17) is 0 Å². The van der Waals surface area contributed by atoms with E-state index < -0.39 is 11.8 Å². The molecule has 0 aromatic carbocycles. The molecule has 5 heteroatoms. The molecule has 0 unspecified atom stereocenters. The number of allylic oxidation sites excluding steroid dienone is 5. The maximum absolute atomic E-state index is 11.7. The Morgan fingerprint density at radius 1 is 0.963 bits per heavy atom. The number of carbonyl (C=O) groups is 2. The second-order valence-corrected chi connectivity index (χ2v) is 4.43. The molecule has 2 N–H and O–H groups in total. The Labute approximate surface area is 165 Å². The van der Waals surface area contributed by atoms with Gasteiger partial charge in [0, 0.05) is 31.4 Å². The quantitative estimate of drug-likeness (QED) is 0.354. The van der Waals surface area contributed by atoms with Crippen molar-refractivity contribution in [3.63, 3.8) is 0 Å². The van der Waals surface area contributed by atoms with Gasteiger partial charge in [-0.3, -0.25) is 14.6 Å². The van der Waals surface area contributed by atoms with Crippen molar-refractivity contribution in [2.75, 3.05) is 13.1 Å². The monoisotopic (exact) mass is 375 g/mol. The first-order chi connectivity index (χ1) is 13.1. The molecule has 0 rings (SSSR count). The van der Waals surface area contributed by atoms with Crippen LogP contribution in [-0.2, 0) is 9.59 Å². The van der Waals surface area contributed by atoms with Crippen molar-refractivity contribution in [2.45, 2.75) is 48.0 Å². The Balaban J connectivity index is -0.00000134. The fraction of sp³-hybridized carbons (Fsp3) is 0.409. The molecule has 5 nitrogen and oxygen atoms in total. The normalized spacial score (nSPS) is 11.0.